The molecule has 2 saturated heterocycles. The van der Waals surface area contributed by atoms with Crippen molar-refractivity contribution >= 4 is 17.6 Å². The van der Waals surface area contributed by atoms with Crippen molar-refractivity contribution in [2.24, 2.45) is 11.8 Å². The van der Waals surface area contributed by atoms with E-state index < -0.39 is 5.60 Å². The number of carbonyl (C=O) groups excluding carboxylic acids is 2. The average molecular weight is 330 g/mol. The zero-order valence-electron chi connectivity index (χ0n) is 14.9. The molecule has 2 unspecified atom stereocenters. The molecule has 0 saturated carbocycles. The zero-order chi connectivity index (χ0) is 17.5. The number of ketones is 1. The predicted octanol–water partition coefficient (Wildman–Crippen LogP) is 3.19. The smallest absolute Gasteiger partial charge is 0.410 e. The second kappa shape index (κ2) is 6.11. The lowest BCUT2D eigenvalue weighted by Crippen LogP contribution is -2.37. The largest absolute Gasteiger partial charge is 0.444 e. The number of rotatable bonds is 2. The van der Waals surface area contributed by atoms with E-state index in [1.807, 2.05) is 49.9 Å². The first-order chi connectivity index (χ1) is 11.2. The summed E-state index contributed by atoms with van der Waals surface area (Å²) in [5.41, 5.74) is 1.45. The summed E-state index contributed by atoms with van der Waals surface area (Å²) >= 11 is 0. The summed E-state index contributed by atoms with van der Waals surface area (Å²) < 4.78 is 5.48. The normalized spacial score (nSPS) is 23.3. The van der Waals surface area contributed by atoms with Crippen LogP contribution in [0.15, 0.2) is 24.3 Å². The van der Waals surface area contributed by atoms with Crippen molar-refractivity contribution in [3.63, 3.8) is 0 Å². The molecule has 3 rings (SSSR count). The molecule has 24 heavy (non-hydrogen) atoms. The summed E-state index contributed by atoms with van der Waals surface area (Å²) in [4.78, 5) is 27.8. The Kier molecular flexibility index (Phi) is 4.28. The van der Waals surface area contributed by atoms with Gasteiger partial charge in [-0.15, -0.1) is 0 Å². The van der Waals surface area contributed by atoms with Crippen LogP contribution in [0.25, 0.3) is 0 Å². The number of hydrogen-bond acceptors (Lipinski definition) is 4. The van der Waals surface area contributed by atoms with Crippen LogP contribution in [0.3, 0.4) is 0 Å². The van der Waals surface area contributed by atoms with Crippen molar-refractivity contribution in [2.75, 3.05) is 31.1 Å². The highest BCUT2D eigenvalue weighted by molar-refractivity contribution is 5.94. The van der Waals surface area contributed by atoms with Crippen molar-refractivity contribution in [2.45, 2.75) is 33.3 Å². The summed E-state index contributed by atoms with van der Waals surface area (Å²) in [7, 11) is 0. The Morgan fingerprint density at radius 3 is 2.00 bits per heavy atom. The molecule has 2 aliphatic rings. The van der Waals surface area contributed by atoms with Gasteiger partial charge in [0.1, 0.15) is 5.60 Å². The molecule has 5 nitrogen and oxygen atoms in total. The number of Topliss-reactive ketones (excluding diaryl/α,β-unsaturated/α-hetero) is 1. The van der Waals surface area contributed by atoms with E-state index in [2.05, 4.69) is 4.90 Å². The number of carbonyl (C=O) groups is 2. The third-order valence-electron chi connectivity index (χ3n) is 4.78. The molecule has 0 aromatic heterocycles. The number of hydrogen-bond donors (Lipinski definition) is 0. The van der Waals surface area contributed by atoms with Crippen LogP contribution in [-0.2, 0) is 4.74 Å². The molecule has 0 N–H and O–H groups in total. The van der Waals surface area contributed by atoms with Crippen LogP contribution in [0.1, 0.15) is 38.1 Å². The topological polar surface area (TPSA) is 49.9 Å². The Bertz CT molecular complexity index is 619. The second-order valence-electron chi connectivity index (χ2n) is 7.91. The lowest BCUT2D eigenvalue weighted by Gasteiger charge is -2.26. The minimum Gasteiger partial charge on any atom is -0.444 e. The van der Waals surface area contributed by atoms with E-state index in [1.165, 1.54) is 0 Å². The molecule has 2 aliphatic heterocycles. The van der Waals surface area contributed by atoms with Crippen LogP contribution in [0.2, 0.25) is 0 Å². The predicted molar refractivity (Wildman–Crippen MR) is 93.4 cm³/mol. The monoisotopic (exact) mass is 330 g/mol. The zero-order valence-corrected chi connectivity index (χ0v) is 14.9. The van der Waals surface area contributed by atoms with Crippen molar-refractivity contribution in [3.8, 4) is 0 Å². The standard InChI is InChI=1S/C19H26N2O3/c1-13(22)14-5-7-17(8-6-14)20-9-15-11-21(12-16(15)10-20)18(23)24-19(2,3)4/h5-8,15-16H,9-12H2,1-4H3. The Hall–Kier alpha value is -2.04. The van der Waals surface area contributed by atoms with Gasteiger partial charge in [-0.25, -0.2) is 4.79 Å². The summed E-state index contributed by atoms with van der Waals surface area (Å²) in [6.07, 6.45) is -0.200. The van der Waals surface area contributed by atoms with Gasteiger partial charge >= 0.3 is 6.09 Å². The van der Waals surface area contributed by atoms with Gasteiger partial charge in [0.25, 0.3) is 0 Å². The van der Waals surface area contributed by atoms with Gasteiger partial charge in [0.15, 0.2) is 5.78 Å². The molecule has 2 heterocycles. The Labute approximate surface area is 143 Å². The first-order valence-electron chi connectivity index (χ1n) is 8.57. The molecule has 2 atom stereocenters. The minimum absolute atomic E-state index is 0.0906. The van der Waals surface area contributed by atoms with Gasteiger partial charge in [-0.1, -0.05) is 0 Å². The molecule has 0 spiro atoms. The van der Waals surface area contributed by atoms with Crippen molar-refractivity contribution in [3.05, 3.63) is 29.8 Å². The third kappa shape index (κ3) is 3.55. The second-order valence-corrected chi connectivity index (χ2v) is 7.91. The van der Waals surface area contributed by atoms with Gasteiger partial charge in [-0.05, 0) is 52.0 Å². The molecular weight excluding hydrogens is 304 g/mol. The van der Waals surface area contributed by atoms with E-state index in [1.54, 1.807) is 6.92 Å². The Morgan fingerprint density at radius 1 is 1.00 bits per heavy atom. The third-order valence-corrected chi connectivity index (χ3v) is 4.78. The number of likely N-dealkylation sites (tertiary alicyclic amines) is 1. The van der Waals surface area contributed by atoms with Gasteiger partial charge in [-0.2, -0.15) is 0 Å². The molecule has 5 heteroatoms. The lowest BCUT2D eigenvalue weighted by molar-refractivity contribution is 0.0282. The number of benzene rings is 1. The number of amides is 1. The minimum atomic E-state index is -0.445. The van der Waals surface area contributed by atoms with Gasteiger partial charge in [-0.3, -0.25) is 4.79 Å². The number of anilines is 1. The Morgan fingerprint density at radius 2 is 1.54 bits per heavy atom. The van der Waals surface area contributed by atoms with Gasteiger partial charge in [0, 0.05) is 49.3 Å². The van der Waals surface area contributed by atoms with Crippen LogP contribution in [-0.4, -0.2) is 48.6 Å². The fourth-order valence-electron chi connectivity index (χ4n) is 3.59. The van der Waals surface area contributed by atoms with Crippen LogP contribution in [0.5, 0.6) is 0 Å². The summed E-state index contributed by atoms with van der Waals surface area (Å²) in [6, 6.07) is 7.81. The maximum atomic E-state index is 12.2. The Balaban J connectivity index is 1.59. The van der Waals surface area contributed by atoms with E-state index >= 15 is 0 Å². The molecule has 130 valence electrons. The van der Waals surface area contributed by atoms with Crippen LogP contribution in [0, 0.1) is 11.8 Å². The molecule has 2 fully saturated rings. The molecule has 0 bridgehead atoms. The van der Waals surface area contributed by atoms with Crippen molar-refractivity contribution in [1.82, 2.24) is 4.90 Å². The highest BCUT2D eigenvalue weighted by atomic mass is 16.6. The molecule has 1 aromatic rings. The quantitative estimate of drug-likeness (QED) is 0.782. The highest BCUT2D eigenvalue weighted by Crippen LogP contribution is 2.34. The lowest BCUT2D eigenvalue weighted by atomic mass is 10.0. The first kappa shape index (κ1) is 16.8. The van der Waals surface area contributed by atoms with E-state index in [0.717, 1.165) is 37.4 Å². The fraction of sp³-hybridized carbons (Fsp3) is 0.579. The average Bonchev–Trinajstić information content (AvgIpc) is 3.04. The number of nitrogens with zero attached hydrogens (tertiary/aromatic N) is 2. The van der Waals surface area contributed by atoms with E-state index in [0.29, 0.717) is 11.8 Å². The summed E-state index contributed by atoms with van der Waals surface area (Å²) in [6.45, 7) is 10.7. The summed E-state index contributed by atoms with van der Waals surface area (Å²) in [5.74, 6) is 1.07. The van der Waals surface area contributed by atoms with Crippen LogP contribution in [0.4, 0.5) is 10.5 Å². The maximum Gasteiger partial charge on any atom is 0.410 e. The molecule has 1 aromatic carbocycles. The van der Waals surface area contributed by atoms with Gasteiger partial charge in [0.05, 0.1) is 0 Å². The van der Waals surface area contributed by atoms with Crippen LogP contribution >= 0.6 is 0 Å². The molecule has 0 radical (unpaired) electrons. The van der Waals surface area contributed by atoms with Crippen molar-refractivity contribution < 1.29 is 14.3 Å². The maximum absolute atomic E-state index is 12.2. The number of fused-ring (bicyclic) bond motifs is 1. The highest BCUT2D eigenvalue weighted by Gasteiger charge is 2.42. The van der Waals surface area contributed by atoms with Gasteiger partial charge in [0.2, 0.25) is 0 Å². The molecule has 1 amide bonds. The van der Waals surface area contributed by atoms with Crippen molar-refractivity contribution in [1.29, 1.82) is 0 Å². The van der Waals surface area contributed by atoms with E-state index in [-0.39, 0.29) is 11.9 Å². The first-order valence-corrected chi connectivity index (χ1v) is 8.57. The molecular formula is C19H26N2O3. The SMILES string of the molecule is CC(=O)c1ccc(N2CC3CN(C(=O)OC(C)(C)C)CC3C2)cc1. The van der Waals surface area contributed by atoms with Crippen LogP contribution < -0.4 is 4.90 Å². The van der Waals surface area contributed by atoms with Gasteiger partial charge < -0.3 is 14.5 Å². The van der Waals surface area contributed by atoms with E-state index in [9.17, 15) is 9.59 Å². The fourth-order valence-corrected chi connectivity index (χ4v) is 3.59. The number of ether oxygens (including phenoxy) is 1. The summed E-state index contributed by atoms with van der Waals surface area (Å²) in [5, 5.41) is 0. The van der Waals surface area contributed by atoms with E-state index in [4.69, 9.17) is 4.74 Å². The molecule has 0 aliphatic carbocycles.